The molecule has 1 saturated heterocycles. The van der Waals surface area contributed by atoms with Gasteiger partial charge in [0.1, 0.15) is 18.3 Å². The molecule has 0 unspecified atom stereocenters. The Balaban J connectivity index is 1.84. The van der Waals surface area contributed by atoms with Crippen LogP contribution in [0.5, 0.6) is 0 Å². The van der Waals surface area contributed by atoms with Gasteiger partial charge in [0, 0.05) is 27.5 Å². The number of benzene rings is 1. The zero-order valence-corrected chi connectivity index (χ0v) is 16.5. The summed E-state index contributed by atoms with van der Waals surface area (Å²) in [5.41, 5.74) is 1.77. The first-order valence-electron chi connectivity index (χ1n) is 8.09. The van der Waals surface area contributed by atoms with E-state index in [4.69, 9.17) is 13.7 Å². The molecular formula is C17H18BrNO6S. The van der Waals surface area contributed by atoms with Gasteiger partial charge in [0.15, 0.2) is 5.79 Å². The summed E-state index contributed by atoms with van der Waals surface area (Å²) in [6.07, 6.45) is 1.46. The van der Waals surface area contributed by atoms with Crippen molar-refractivity contribution in [2.45, 2.75) is 43.9 Å². The third-order valence-corrected chi connectivity index (χ3v) is 5.81. The maximum atomic E-state index is 11.5. The Kier molecular flexibility index (Phi) is 4.29. The number of ether oxygens (including phenoxy) is 2. The maximum absolute atomic E-state index is 11.5. The van der Waals surface area contributed by atoms with Gasteiger partial charge >= 0.3 is 10.4 Å². The fourth-order valence-electron chi connectivity index (χ4n) is 3.70. The standard InChI is InChI=1S/C17H18BrNO6S/c1-17(2)23-15-12(18)7-10(14(16(15)24-17)25-26(20,21)22)11-8-19-13-6-4-3-5-9(11)13/h3-8,10,14-16,19H,1-2H3,(H,20,21,22)/t10-,14-,15-,16+/m1/s1. The third-order valence-electron chi connectivity index (χ3n) is 4.63. The maximum Gasteiger partial charge on any atom is 0.397 e. The second-order valence-electron chi connectivity index (χ2n) is 6.88. The lowest BCUT2D eigenvalue weighted by molar-refractivity contribution is -0.151. The van der Waals surface area contributed by atoms with Crippen LogP contribution in [0.1, 0.15) is 25.3 Å². The Morgan fingerprint density at radius 2 is 2.00 bits per heavy atom. The van der Waals surface area contributed by atoms with Crippen LogP contribution in [0.4, 0.5) is 0 Å². The number of aromatic nitrogens is 1. The average molecular weight is 444 g/mol. The van der Waals surface area contributed by atoms with Crippen LogP contribution in [-0.2, 0) is 24.1 Å². The number of aromatic amines is 1. The van der Waals surface area contributed by atoms with Crippen LogP contribution < -0.4 is 0 Å². The van der Waals surface area contributed by atoms with Gasteiger partial charge < -0.3 is 14.5 Å². The molecule has 1 aliphatic carbocycles. The smallest absolute Gasteiger partial charge is 0.361 e. The fraction of sp³-hybridized carbons (Fsp3) is 0.412. The summed E-state index contributed by atoms with van der Waals surface area (Å²) < 4.78 is 49.9. The van der Waals surface area contributed by atoms with Crippen molar-refractivity contribution in [3.63, 3.8) is 0 Å². The zero-order valence-electron chi connectivity index (χ0n) is 14.0. The van der Waals surface area contributed by atoms with E-state index in [1.807, 2.05) is 36.5 Å². The molecule has 1 fully saturated rings. The van der Waals surface area contributed by atoms with E-state index < -0.39 is 40.4 Å². The van der Waals surface area contributed by atoms with Crippen molar-refractivity contribution < 1.29 is 26.6 Å². The highest BCUT2D eigenvalue weighted by atomic mass is 79.9. The molecule has 140 valence electrons. The first-order chi connectivity index (χ1) is 12.1. The largest absolute Gasteiger partial charge is 0.397 e. The molecule has 2 heterocycles. The van der Waals surface area contributed by atoms with Crippen LogP contribution in [-0.4, -0.2) is 42.1 Å². The molecule has 0 spiro atoms. The minimum Gasteiger partial charge on any atom is -0.361 e. The van der Waals surface area contributed by atoms with Gasteiger partial charge in [0.05, 0.1) is 0 Å². The van der Waals surface area contributed by atoms with Crippen molar-refractivity contribution in [2.75, 3.05) is 0 Å². The fourth-order valence-corrected chi connectivity index (χ4v) is 4.85. The molecule has 4 atom stereocenters. The van der Waals surface area contributed by atoms with Crippen molar-refractivity contribution in [2.24, 2.45) is 0 Å². The van der Waals surface area contributed by atoms with Gasteiger partial charge in [-0.2, -0.15) is 8.42 Å². The molecule has 0 bridgehead atoms. The van der Waals surface area contributed by atoms with Gasteiger partial charge in [0.25, 0.3) is 0 Å². The predicted octanol–water partition coefficient (Wildman–Crippen LogP) is 3.25. The molecule has 9 heteroatoms. The summed E-state index contributed by atoms with van der Waals surface area (Å²) in [6.45, 7) is 3.49. The van der Waals surface area contributed by atoms with Gasteiger partial charge in [0.2, 0.25) is 0 Å². The molecule has 1 aliphatic heterocycles. The molecular weight excluding hydrogens is 426 g/mol. The zero-order chi connectivity index (χ0) is 18.7. The summed E-state index contributed by atoms with van der Waals surface area (Å²) in [5.74, 6) is -1.38. The van der Waals surface area contributed by atoms with E-state index in [9.17, 15) is 13.0 Å². The third kappa shape index (κ3) is 3.23. The molecule has 2 aromatic rings. The van der Waals surface area contributed by atoms with Gasteiger partial charge in [-0.15, -0.1) is 0 Å². The quantitative estimate of drug-likeness (QED) is 0.706. The highest BCUT2D eigenvalue weighted by Crippen LogP contribution is 2.46. The summed E-state index contributed by atoms with van der Waals surface area (Å²) in [6, 6.07) is 7.69. The van der Waals surface area contributed by atoms with Crippen LogP contribution in [0.25, 0.3) is 10.9 Å². The second-order valence-corrected chi connectivity index (χ2v) is 8.84. The number of rotatable bonds is 3. The van der Waals surface area contributed by atoms with E-state index in [0.717, 1.165) is 20.9 Å². The van der Waals surface area contributed by atoms with Gasteiger partial charge in [-0.3, -0.25) is 4.55 Å². The number of fused-ring (bicyclic) bond motifs is 2. The van der Waals surface area contributed by atoms with E-state index >= 15 is 0 Å². The lowest BCUT2D eigenvalue weighted by atomic mass is 9.83. The normalized spacial score (nSPS) is 31.0. The Labute approximate surface area is 159 Å². The van der Waals surface area contributed by atoms with E-state index in [1.165, 1.54) is 0 Å². The molecule has 26 heavy (non-hydrogen) atoms. The monoisotopic (exact) mass is 443 g/mol. The van der Waals surface area contributed by atoms with E-state index in [1.54, 1.807) is 13.8 Å². The minimum atomic E-state index is -4.68. The van der Waals surface area contributed by atoms with Crippen LogP contribution in [0, 0.1) is 0 Å². The van der Waals surface area contributed by atoms with Crippen LogP contribution in [0.3, 0.4) is 0 Å². The van der Waals surface area contributed by atoms with Crippen LogP contribution in [0.15, 0.2) is 41.0 Å². The second kappa shape index (κ2) is 6.15. The van der Waals surface area contributed by atoms with E-state index in [-0.39, 0.29) is 0 Å². The summed E-state index contributed by atoms with van der Waals surface area (Å²) >= 11 is 3.52. The summed E-state index contributed by atoms with van der Waals surface area (Å²) in [7, 11) is -4.68. The molecule has 1 aromatic carbocycles. The first kappa shape index (κ1) is 18.1. The Bertz CT molecular complexity index is 982. The number of nitrogens with one attached hydrogen (secondary N) is 1. The summed E-state index contributed by atoms with van der Waals surface area (Å²) in [4.78, 5) is 3.18. The lowest BCUT2D eigenvalue weighted by Gasteiger charge is -2.34. The average Bonchev–Trinajstić information content (AvgIpc) is 3.09. The molecule has 0 saturated carbocycles. The van der Waals surface area contributed by atoms with Crippen molar-refractivity contribution in [3.8, 4) is 0 Å². The highest BCUT2D eigenvalue weighted by Gasteiger charge is 2.53. The van der Waals surface area contributed by atoms with Gasteiger partial charge in [-0.1, -0.05) is 40.2 Å². The van der Waals surface area contributed by atoms with Crippen molar-refractivity contribution >= 4 is 37.2 Å². The number of H-pyrrole nitrogens is 1. The van der Waals surface area contributed by atoms with Gasteiger partial charge in [-0.05, 0) is 25.5 Å². The molecule has 7 nitrogen and oxygen atoms in total. The van der Waals surface area contributed by atoms with Crippen LogP contribution >= 0.6 is 15.9 Å². The van der Waals surface area contributed by atoms with E-state index in [0.29, 0.717) is 0 Å². The van der Waals surface area contributed by atoms with Crippen molar-refractivity contribution in [1.82, 2.24) is 4.98 Å². The first-order valence-corrected chi connectivity index (χ1v) is 10.2. The number of halogens is 1. The predicted molar refractivity (Wildman–Crippen MR) is 98.3 cm³/mol. The number of hydrogen-bond acceptors (Lipinski definition) is 5. The summed E-state index contributed by atoms with van der Waals surface area (Å²) in [5, 5.41) is 0.939. The Morgan fingerprint density at radius 3 is 2.73 bits per heavy atom. The molecule has 1 aromatic heterocycles. The Morgan fingerprint density at radius 1 is 1.27 bits per heavy atom. The Hall–Kier alpha value is -1.23. The SMILES string of the molecule is CC1(C)O[C@H]2[C@H](OS(=O)(=O)O)[C@@H](c3c[nH]c4ccccc34)C=C(Br)[C@H]2O1. The topological polar surface area (TPSA) is 97.9 Å². The number of hydrogen-bond donors (Lipinski definition) is 2. The molecule has 2 aliphatic rings. The van der Waals surface area contributed by atoms with Crippen LogP contribution in [0.2, 0.25) is 0 Å². The van der Waals surface area contributed by atoms with E-state index in [2.05, 4.69) is 20.9 Å². The van der Waals surface area contributed by atoms with Crippen molar-refractivity contribution in [1.29, 1.82) is 0 Å². The lowest BCUT2D eigenvalue weighted by Crippen LogP contribution is -2.45. The number of para-hydroxylation sites is 1. The highest BCUT2D eigenvalue weighted by molar-refractivity contribution is 9.11. The molecule has 4 rings (SSSR count). The minimum absolute atomic E-state index is 0.471. The van der Waals surface area contributed by atoms with Gasteiger partial charge in [-0.25, -0.2) is 4.18 Å². The molecule has 0 amide bonds. The van der Waals surface area contributed by atoms with Crippen molar-refractivity contribution in [3.05, 3.63) is 46.6 Å². The molecule has 2 N–H and O–H groups in total. The molecule has 0 radical (unpaired) electrons.